The molecule has 6 heteroatoms. The number of fused-ring (bicyclic) bond motifs is 1. The van der Waals surface area contributed by atoms with Gasteiger partial charge in [-0.25, -0.2) is 4.52 Å². The Hall–Kier alpha value is -2.63. The van der Waals surface area contributed by atoms with Crippen LogP contribution in [0.15, 0.2) is 42.9 Å². The SMILES string of the molecule is O=C(NCc1ccn[nH]1)c1cnn2ccccc12. The zero-order valence-electron chi connectivity index (χ0n) is 9.50. The molecule has 0 fully saturated rings. The van der Waals surface area contributed by atoms with Gasteiger partial charge in [-0.3, -0.25) is 9.89 Å². The molecule has 0 aromatic carbocycles. The number of pyridine rings is 1. The number of nitrogens with zero attached hydrogens (tertiary/aromatic N) is 3. The molecule has 0 atom stereocenters. The van der Waals surface area contributed by atoms with Crippen LogP contribution in [0.4, 0.5) is 0 Å². The van der Waals surface area contributed by atoms with Gasteiger partial charge in [0.15, 0.2) is 0 Å². The maximum atomic E-state index is 12.0. The molecule has 2 N–H and O–H groups in total. The summed E-state index contributed by atoms with van der Waals surface area (Å²) >= 11 is 0. The monoisotopic (exact) mass is 241 g/mol. The van der Waals surface area contributed by atoms with Gasteiger partial charge in [0.25, 0.3) is 5.91 Å². The lowest BCUT2D eigenvalue weighted by Crippen LogP contribution is -2.22. The number of amides is 1. The molecule has 0 radical (unpaired) electrons. The van der Waals surface area contributed by atoms with Crippen molar-refractivity contribution < 1.29 is 4.79 Å². The van der Waals surface area contributed by atoms with Crippen molar-refractivity contribution in [3.8, 4) is 0 Å². The fraction of sp³-hybridized carbons (Fsp3) is 0.0833. The lowest BCUT2D eigenvalue weighted by atomic mass is 10.2. The number of aromatic amines is 1. The fourth-order valence-electron chi connectivity index (χ4n) is 1.76. The average molecular weight is 241 g/mol. The van der Waals surface area contributed by atoms with Gasteiger partial charge in [-0.15, -0.1) is 0 Å². The second kappa shape index (κ2) is 4.33. The lowest BCUT2D eigenvalue weighted by Gasteiger charge is -2.01. The van der Waals surface area contributed by atoms with Crippen LogP contribution in [-0.4, -0.2) is 25.7 Å². The highest BCUT2D eigenvalue weighted by molar-refractivity contribution is 6.00. The minimum absolute atomic E-state index is 0.147. The first-order valence-corrected chi connectivity index (χ1v) is 5.53. The lowest BCUT2D eigenvalue weighted by molar-refractivity contribution is 0.0952. The quantitative estimate of drug-likeness (QED) is 0.718. The summed E-state index contributed by atoms with van der Waals surface area (Å²) in [7, 11) is 0. The smallest absolute Gasteiger partial charge is 0.255 e. The standard InChI is InChI=1S/C12H11N5O/c18-12(13-7-9-4-5-14-16-9)10-8-15-17-6-2-1-3-11(10)17/h1-6,8H,7H2,(H,13,18)(H,14,16). The number of hydrogen-bond acceptors (Lipinski definition) is 3. The molecule has 0 saturated heterocycles. The van der Waals surface area contributed by atoms with Gasteiger partial charge in [0.2, 0.25) is 0 Å². The number of rotatable bonds is 3. The summed E-state index contributed by atoms with van der Waals surface area (Å²) in [5.41, 5.74) is 2.22. The van der Waals surface area contributed by atoms with Gasteiger partial charge < -0.3 is 5.32 Å². The van der Waals surface area contributed by atoms with Crippen molar-refractivity contribution in [3.05, 3.63) is 54.1 Å². The molecule has 3 rings (SSSR count). The molecule has 0 bridgehead atoms. The molecule has 90 valence electrons. The van der Waals surface area contributed by atoms with Gasteiger partial charge in [0.05, 0.1) is 29.5 Å². The van der Waals surface area contributed by atoms with Gasteiger partial charge >= 0.3 is 0 Å². The van der Waals surface area contributed by atoms with Crippen molar-refractivity contribution in [2.45, 2.75) is 6.54 Å². The summed E-state index contributed by atoms with van der Waals surface area (Å²) in [6, 6.07) is 7.42. The highest BCUT2D eigenvalue weighted by Crippen LogP contribution is 2.09. The van der Waals surface area contributed by atoms with Crippen molar-refractivity contribution in [1.82, 2.24) is 25.1 Å². The van der Waals surface area contributed by atoms with Gasteiger partial charge in [0.1, 0.15) is 0 Å². The van der Waals surface area contributed by atoms with E-state index in [0.29, 0.717) is 12.1 Å². The predicted octanol–water partition coefficient (Wildman–Crippen LogP) is 0.987. The molecular weight excluding hydrogens is 230 g/mol. The van der Waals surface area contributed by atoms with E-state index in [1.54, 1.807) is 23.1 Å². The van der Waals surface area contributed by atoms with Crippen molar-refractivity contribution in [3.63, 3.8) is 0 Å². The molecule has 18 heavy (non-hydrogen) atoms. The van der Waals surface area contributed by atoms with Crippen molar-refractivity contribution in [2.75, 3.05) is 0 Å². The highest BCUT2D eigenvalue weighted by Gasteiger charge is 2.11. The molecule has 3 heterocycles. The number of nitrogens with one attached hydrogen (secondary N) is 2. The van der Waals surface area contributed by atoms with Crippen LogP contribution in [-0.2, 0) is 6.54 Å². The van der Waals surface area contributed by atoms with Crippen LogP contribution in [0, 0.1) is 0 Å². The molecule has 0 aliphatic heterocycles. The summed E-state index contributed by atoms with van der Waals surface area (Å²) < 4.78 is 1.67. The second-order valence-corrected chi connectivity index (χ2v) is 3.85. The van der Waals surface area contributed by atoms with E-state index in [1.165, 1.54) is 0 Å². The molecule has 1 amide bonds. The van der Waals surface area contributed by atoms with E-state index < -0.39 is 0 Å². The second-order valence-electron chi connectivity index (χ2n) is 3.85. The Morgan fingerprint density at radius 2 is 2.33 bits per heavy atom. The van der Waals surface area contributed by atoms with E-state index in [2.05, 4.69) is 20.6 Å². The van der Waals surface area contributed by atoms with Crippen LogP contribution in [0.3, 0.4) is 0 Å². The zero-order valence-corrected chi connectivity index (χ0v) is 9.50. The molecule has 6 nitrogen and oxygen atoms in total. The third-order valence-corrected chi connectivity index (χ3v) is 2.67. The van der Waals surface area contributed by atoms with E-state index in [-0.39, 0.29) is 5.91 Å². The molecule has 0 saturated carbocycles. The topological polar surface area (TPSA) is 75.1 Å². The maximum Gasteiger partial charge on any atom is 0.255 e. The average Bonchev–Trinajstić information content (AvgIpc) is 3.05. The molecule has 3 aromatic heterocycles. The zero-order chi connectivity index (χ0) is 12.4. The summed E-state index contributed by atoms with van der Waals surface area (Å²) in [4.78, 5) is 12.0. The number of H-pyrrole nitrogens is 1. The molecule has 0 aliphatic rings. The highest BCUT2D eigenvalue weighted by atomic mass is 16.1. The minimum atomic E-state index is -0.147. The third kappa shape index (κ3) is 1.84. The number of carbonyl (C=O) groups excluding carboxylic acids is 1. The Kier molecular flexibility index (Phi) is 2.53. The van der Waals surface area contributed by atoms with Crippen LogP contribution >= 0.6 is 0 Å². The van der Waals surface area contributed by atoms with Crippen LogP contribution in [0.5, 0.6) is 0 Å². The largest absolute Gasteiger partial charge is 0.346 e. The molecule has 0 spiro atoms. The third-order valence-electron chi connectivity index (χ3n) is 2.67. The Labute approximate surface area is 103 Å². The van der Waals surface area contributed by atoms with Crippen molar-refractivity contribution >= 4 is 11.4 Å². The van der Waals surface area contributed by atoms with Gasteiger partial charge in [-0.1, -0.05) is 6.07 Å². The van der Waals surface area contributed by atoms with Crippen LogP contribution in [0.25, 0.3) is 5.52 Å². The Bertz CT molecular complexity index is 671. The van der Waals surface area contributed by atoms with Gasteiger partial charge in [-0.05, 0) is 18.2 Å². The predicted molar refractivity (Wildman–Crippen MR) is 64.9 cm³/mol. The first-order valence-electron chi connectivity index (χ1n) is 5.53. The molecular formula is C12H11N5O. The first-order chi connectivity index (χ1) is 8.84. The van der Waals surface area contributed by atoms with E-state index in [9.17, 15) is 4.79 Å². The van der Waals surface area contributed by atoms with E-state index in [1.807, 2.05) is 24.3 Å². The number of hydrogen-bond donors (Lipinski definition) is 2. The molecule has 0 unspecified atom stereocenters. The minimum Gasteiger partial charge on any atom is -0.346 e. The first kappa shape index (κ1) is 10.5. The molecule has 3 aromatic rings. The van der Waals surface area contributed by atoms with E-state index >= 15 is 0 Å². The maximum absolute atomic E-state index is 12.0. The Balaban J connectivity index is 1.80. The Morgan fingerprint density at radius 3 is 3.17 bits per heavy atom. The molecule has 0 aliphatic carbocycles. The van der Waals surface area contributed by atoms with Crippen LogP contribution in [0.2, 0.25) is 0 Å². The van der Waals surface area contributed by atoms with Crippen molar-refractivity contribution in [1.29, 1.82) is 0 Å². The number of carbonyl (C=O) groups is 1. The van der Waals surface area contributed by atoms with Gasteiger partial charge in [0, 0.05) is 12.4 Å². The van der Waals surface area contributed by atoms with Crippen molar-refractivity contribution in [2.24, 2.45) is 0 Å². The number of aromatic nitrogens is 4. The van der Waals surface area contributed by atoms with E-state index in [4.69, 9.17) is 0 Å². The summed E-state index contributed by atoms with van der Waals surface area (Å²) in [6.07, 6.45) is 5.02. The Morgan fingerprint density at radius 1 is 1.39 bits per heavy atom. The normalized spacial score (nSPS) is 10.7. The van der Waals surface area contributed by atoms with Crippen LogP contribution < -0.4 is 5.32 Å². The van der Waals surface area contributed by atoms with E-state index in [0.717, 1.165) is 11.2 Å². The fourth-order valence-corrected chi connectivity index (χ4v) is 1.76. The van der Waals surface area contributed by atoms with Gasteiger partial charge in [-0.2, -0.15) is 10.2 Å². The summed E-state index contributed by atoms with van der Waals surface area (Å²) in [5.74, 6) is -0.147. The summed E-state index contributed by atoms with van der Waals surface area (Å²) in [6.45, 7) is 0.420. The van der Waals surface area contributed by atoms with Crippen LogP contribution in [0.1, 0.15) is 16.1 Å². The summed E-state index contributed by atoms with van der Waals surface area (Å²) in [5, 5.41) is 13.5.